The summed E-state index contributed by atoms with van der Waals surface area (Å²) in [4.78, 5) is 8.50. The van der Waals surface area contributed by atoms with Crippen LogP contribution >= 0.6 is 23.1 Å². The minimum absolute atomic E-state index is 0.313. The highest BCUT2D eigenvalue weighted by Crippen LogP contribution is 2.28. The quantitative estimate of drug-likeness (QED) is 0.478. The second-order valence-electron chi connectivity index (χ2n) is 6.78. The topological polar surface area (TPSA) is 69.1 Å². The number of ether oxygens (including phenoxy) is 1. The van der Waals surface area contributed by atoms with E-state index >= 15 is 0 Å². The molecule has 2 aliphatic heterocycles. The molecule has 146 valence electrons. The fourth-order valence-electron chi connectivity index (χ4n) is 3.26. The van der Waals surface area contributed by atoms with E-state index in [1.807, 2.05) is 0 Å². The lowest BCUT2D eigenvalue weighted by molar-refractivity contribution is 0.0177. The summed E-state index contributed by atoms with van der Waals surface area (Å²) in [5.41, 5.74) is -0.648. The van der Waals surface area contributed by atoms with Gasteiger partial charge in [0.15, 0.2) is 5.96 Å². The molecule has 2 fully saturated rings. The van der Waals surface area contributed by atoms with Crippen LogP contribution in [-0.2, 0) is 4.74 Å². The van der Waals surface area contributed by atoms with Crippen molar-refractivity contribution < 1.29 is 9.84 Å². The van der Waals surface area contributed by atoms with Crippen LogP contribution < -0.4 is 10.6 Å². The summed E-state index contributed by atoms with van der Waals surface area (Å²) in [5, 5.41) is 19.5. The van der Waals surface area contributed by atoms with Crippen molar-refractivity contribution in [3.8, 4) is 0 Å². The molecular formula is C18H30N4O2S2. The largest absolute Gasteiger partial charge is 0.387 e. The molecule has 2 aliphatic rings. The van der Waals surface area contributed by atoms with Crippen molar-refractivity contribution in [2.24, 2.45) is 4.99 Å². The maximum absolute atomic E-state index is 10.5. The first-order chi connectivity index (χ1) is 12.7. The molecule has 1 aromatic heterocycles. The molecule has 0 aromatic carbocycles. The number of guanidine groups is 1. The number of aliphatic hydroxyl groups is 1. The number of hydrogen-bond acceptors (Lipinski definition) is 6. The Bertz CT molecular complexity index is 556. The fraction of sp³-hybridized carbons (Fsp3) is 0.722. The number of nitrogens with one attached hydrogen (secondary N) is 2. The molecule has 0 amide bonds. The third kappa shape index (κ3) is 5.60. The van der Waals surface area contributed by atoms with Gasteiger partial charge in [-0.05, 0) is 30.5 Å². The Morgan fingerprint density at radius 1 is 1.42 bits per heavy atom. The molecule has 2 unspecified atom stereocenters. The summed E-state index contributed by atoms with van der Waals surface area (Å²) in [6, 6.07) is 4.63. The molecule has 0 bridgehead atoms. The standard InChI is InChI=1S/C18H30N4O2S2/c1-2-19-17(21-13-18(23)5-11-25-14-18)20-12-15(16-4-3-10-26-16)22-6-8-24-9-7-22/h3-4,10,15,23H,2,5-9,11-14H2,1H3,(H2,19,20,21). The van der Waals surface area contributed by atoms with Gasteiger partial charge in [-0.15, -0.1) is 11.3 Å². The maximum atomic E-state index is 10.5. The van der Waals surface area contributed by atoms with Crippen molar-refractivity contribution >= 4 is 29.1 Å². The highest BCUT2D eigenvalue weighted by molar-refractivity contribution is 7.99. The predicted molar refractivity (Wildman–Crippen MR) is 110 cm³/mol. The van der Waals surface area contributed by atoms with Gasteiger partial charge in [0.2, 0.25) is 0 Å². The van der Waals surface area contributed by atoms with Gasteiger partial charge in [0, 0.05) is 36.8 Å². The minimum atomic E-state index is -0.648. The first-order valence-corrected chi connectivity index (χ1v) is 11.4. The number of aliphatic imine (C=N–C) groups is 1. The van der Waals surface area contributed by atoms with Crippen molar-refractivity contribution in [2.45, 2.75) is 25.0 Å². The monoisotopic (exact) mass is 398 g/mol. The number of nitrogens with zero attached hydrogens (tertiary/aromatic N) is 2. The lowest BCUT2D eigenvalue weighted by Crippen LogP contribution is -2.46. The average Bonchev–Trinajstić information content (AvgIpc) is 3.33. The Balaban J connectivity index is 1.62. The van der Waals surface area contributed by atoms with Gasteiger partial charge in [-0.1, -0.05) is 6.07 Å². The van der Waals surface area contributed by atoms with Crippen LogP contribution in [0.3, 0.4) is 0 Å². The van der Waals surface area contributed by atoms with Crippen molar-refractivity contribution in [3.63, 3.8) is 0 Å². The smallest absolute Gasteiger partial charge is 0.191 e. The Hall–Kier alpha value is -0.800. The van der Waals surface area contributed by atoms with Crippen LogP contribution in [-0.4, -0.2) is 79.0 Å². The highest BCUT2D eigenvalue weighted by Gasteiger charge is 2.31. The van der Waals surface area contributed by atoms with Gasteiger partial charge in [0.1, 0.15) is 0 Å². The van der Waals surface area contributed by atoms with E-state index in [0.717, 1.165) is 63.3 Å². The zero-order valence-corrected chi connectivity index (χ0v) is 17.1. The van der Waals surface area contributed by atoms with E-state index in [1.54, 1.807) is 23.1 Å². The molecule has 3 heterocycles. The van der Waals surface area contributed by atoms with E-state index in [4.69, 9.17) is 4.74 Å². The van der Waals surface area contributed by atoms with E-state index < -0.39 is 5.60 Å². The van der Waals surface area contributed by atoms with E-state index in [0.29, 0.717) is 12.6 Å². The first kappa shape index (κ1) is 19.9. The highest BCUT2D eigenvalue weighted by atomic mass is 32.2. The number of thioether (sulfide) groups is 1. The van der Waals surface area contributed by atoms with E-state index in [1.165, 1.54) is 4.88 Å². The molecular weight excluding hydrogens is 368 g/mol. The first-order valence-electron chi connectivity index (χ1n) is 9.38. The summed E-state index contributed by atoms with van der Waals surface area (Å²) in [6.45, 7) is 7.61. The normalized spacial score (nSPS) is 26.0. The van der Waals surface area contributed by atoms with Gasteiger partial charge in [-0.2, -0.15) is 11.8 Å². The second kappa shape index (κ2) is 9.94. The Kier molecular flexibility index (Phi) is 7.63. The molecule has 26 heavy (non-hydrogen) atoms. The van der Waals surface area contributed by atoms with Crippen molar-refractivity contribution in [3.05, 3.63) is 22.4 Å². The molecule has 1 aromatic rings. The van der Waals surface area contributed by atoms with Crippen molar-refractivity contribution in [2.75, 3.05) is 57.4 Å². The van der Waals surface area contributed by atoms with Gasteiger partial charge in [-0.25, -0.2) is 0 Å². The maximum Gasteiger partial charge on any atom is 0.191 e. The SMILES string of the molecule is CCNC(=NCC1(O)CCSC1)NCC(c1cccs1)N1CCOCC1. The van der Waals surface area contributed by atoms with Crippen LogP contribution in [0.5, 0.6) is 0 Å². The summed E-state index contributed by atoms with van der Waals surface area (Å²) >= 11 is 3.60. The number of morpholine rings is 1. The lowest BCUT2D eigenvalue weighted by atomic mass is 10.1. The molecule has 3 rings (SSSR count). The molecule has 0 spiro atoms. The summed E-state index contributed by atoms with van der Waals surface area (Å²) in [5.74, 6) is 2.59. The zero-order valence-electron chi connectivity index (χ0n) is 15.4. The lowest BCUT2D eigenvalue weighted by Gasteiger charge is -2.34. The molecule has 0 saturated carbocycles. The van der Waals surface area contributed by atoms with E-state index in [-0.39, 0.29) is 0 Å². The molecule has 6 nitrogen and oxygen atoms in total. The third-order valence-electron chi connectivity index (χ3n) is 4.78. The van der Waals surface area contributed by atoms with Gasteiger partial charge < -0.3 is 20.5 Å². The van der Waals surface area contributed by atoms with Crippen LogP contribution in [0.15, 0.2) is 22.5 Å². The number of thiophene rings is 1. The van der Waals surface area contributed by atoms with Crippen LogP contribution in [0.4, 0.5) is 0 Å². The molecule has 0 radical (unpaired) electrons. The fourth-order valence-corrected chi connectivity index (χ4v) is 5.41. The van der Waals surface area contributed by atoms with Crippen molar-refractivity contribution in [1.82, 2.24) is 15.5 Å². The molecule has 2 saturated heterocycles. The summed E-state index contributed by atoms with van der Waals surface area (Å²) in [6.07, 6.45) is 0.826. The molecule has 3 N–H and O–H groups in total. The van der Waals surface area contributed by atoms with Crippen LogP contribution in [0.2, 0.25) is 0 Å². The summed E-state index contributed by atoms with van der Waals surface area (Å²) < 4.78 is 5.51. The Morgan fingerprint density at radius 3 is 2.92 bits per heavy atom. The van der Waals surface area contributed by atoms with Crippen LogP contribution in [0.1, 0.15) is 24.3 Å². The van der Waals surface area contributed by atoms with Gasteiger partial charge in [0.05, 0.1) is 31.4 Å². The van der Waals surface area contributed by atoms with E-state index in [2.05, 4.69) is 45.0 Å². The van der Waals surface area contributed by atoms with Gasteiger partial charge >= 0.3 is 0 Å². The Morgan fingerprint density at radius 2 is 2.27 bits per heavy atom. The van der Waals surface area contributed by atoms with Crippen LogP contribution in [0.25, 0.3) is 0 Å². The Labute approximate surface area is 164 Å². The van der Waals surface area contributed by atoms with Gasteiger partial charge in [0.25, 0.3) is 0 Å². The van der Waals surface area contributed by atoms with Crippen LogP contribution in [0, 0.1) is 0 Å². The van der Waals surface area contributed by atoms with Gasteiger partial charge in [-0.3, -0.25) is 9.89 Å². The van der Waals surface area contributed by atoms with Crippen molar-refractivity contribution in [1.29, 1.82) is 0 Å². The molecule has 0 aliphatic carbocycles. The number of rotatable bonds is 7. The number of hydrogen-bond donors (Lipinski definition) is 3. The third-order valence-corrected chi connectivity index (χ3v) is 6.99. The minimum Gasteiger partial charge on any atom is -0.387 e. The summed E-state index contributed by atoms with van der Waals surface area (Å²) in [7, 11) is 0. The predicted octanol–water partition coefficient (Wildman–Crippen LogP) is 1.54. The average molecular weight is 399 g/mol. The van der Waals surface area contributed by atoms with E-state index in [9.17, 15) is 5.11 Å². The zero-order chi connectivity index (χ0) is 18.2. The second-order valence-corrected chi connectivity index (χ2v) is 8.87. The molecule has 2 atom stereocenters. The molecule has 8 heteroatoms.